The van der Waals surface area contributed by atoms with E-state index < -0.39 is 9.84 Å². The highest BCUT2D eigenvalue weighted by Crippen LogP contribution is 2.23. The van der Waals surface area contributed by atoms with Crippen molar-refractivity contribution in [3.63, 3.8) is 0 Å². The summed E-state index contributed by atoms with van der Waals surface area (Å²) in [7, 11) is 0.414. The quantitative estimate of drug-likeness (QED) is 0.832. The van der Waals surface area contributed by atoms with Crippen LogP contribution in [0.15, 0.2) is 23.1 Å². The fourth-order valence-corrected chi connectivity index (χ4v) is 2.55. The number of hydrazine groups is 1. The molecule has 0 aliphatic carbocycles. The van der Waals surface area contributed by atoms with E-state index in [1.807, 2.05) is 14.1 Å². The van der Waals surface area contributed by atoms with Crippen LogP contribution in [0, 0.1) is 0 Å². The summed E-state index contributed by atoms with van der Waals surface area (Å²) in [5, 5.41) is 2.20. The van der Waals surface area contributed by atoms with Crippen LogP contribution in [-0.2, 0) is 16.4 Å². The molecule has 0 atom stereocenters. The molecule has 0 heterocycles. The zero-order valence-corrected chi connectivity index (χ0v) is 11.1. The molecule has 0 spiro atoms. The lowest BCUT2D eigenvalue weighted by Gasteiger charge is -2.15. The minimum absolute atomic E-state index is 0.273. The van der Waals surface area contributed by atoms with E-state index >= 15 is 0 Å². The lowest BCUT2D eigenvalue weighted by atomic mass is 10.2. The van der Waals surface area contributed by atoms with Crippen LogP contribution in [0.3, 0.4) is 0 Å². The smallest absolute Gasteiger partial charge is 0.175 e. The van der Waals surface area contributed by atoms with Crippen molar-refractivity contribution in [2.24, 2.45) is 0 Å². The Morgan fingerprint density at radius 2 is 2.00 bits per heavy atom. The van der Waals surface area contributed by atoms with Crippen LogP contribution < -0.4 is 5.43 Å². The number of hydrogen-bond acceptors (Lipinski definition) is 4. The third kappa shape index (κ3) is 3.45. The molecule has 0 radical (unpaired) electrons. The molecule has 1 aromatic carbocycles. The first-order valence-corrected chi connectivity index (χ1v) is 6.97. The zero-order chi connectivity index (χ0) is 12.3. The third-order valence-electron chi connectivity index (χ3n) is 2.05. The van der Waals surface area contributed by atoms with Crippen LogP contribution >= 0.6 is 11.6 Å². The molecule has 0 saturated carbocycles. The van der Waals surface area contributed by atoms with Crippen LogP contribution in [0.5, 0.6) is 0 Å². The molecule has 1 N–H and O–H groups in total. The predicted octanol–water partition coefficient (Wildman–Crippen LogP) is 1.31. The Morgan fingerprint density at radius 3 is 2.50 bits per heavy atom. The summed E-state index contributed by atoms with van der Waals surface area (Å²) in [5.74, 6) is 0. The van der Waals surface area contributed by atoms with Gasteiger partial charge in [0.15, 0.2) is 9.84 Å². The standard InChI is InChI=1S/C10H15ClN2O2S/c1-13(2)12-7-8-9(11)5-4-6-10(8)16(3,14)15/h4-6,12H,7H2,1-3H3. The fraction of sp³-hybridized carbons (Fsp3) is 0.400. The molecule has 1 aromatic rings. The number of nitrogens with one attached hydrogen (secondary N) is 1. The Kier molecular flexibility index (Phi) is 4.32. The number of nitrogens with zero attached hydrogens (tertiary/aromatic N) is 1. The van der Waals surface area contributed by atoms with Crippen LogP contribution in [0.25, 0.3) is 0 Å². The molecule has 6 heteroatoms. The van der Waals surface area contributed by atoms with E-state index in [-0.39, 0.29) is 4.90 Å². The molecule has 0 bridgehead atoms. The number of benzene rings is 1. The van der Waals surface area contributed by atoms with E-state index in [4.69, 9.17) is 11.6 Å². The molecule has 0 unspecified atom stereocenters. The van der Waals surface area contributed by atoms with Gasteiger partial charge in [-0.25, -0.2) is 8.42 Å². The van der Waals surface area contributed by atoms with Crippen LogP contribution in [0.2, 0.25) is 5.02 Å². The molecule has 0 aliphatic rings. The SMILES string of the molecule is CN(C)NCc1c(Cl)cccc1S(C)(=O)=O. The van der Waals surface area contributed by atoms with E-state index in [0.29, 0.717) is 17.1 Å². The molecule has 16 heavy (non-hydrogen) atoms. The predicted molar refractivity (Wildman–Crippen MR) is 65.1 cm³/mol. The van der Waals surface area contributed by atoms with Crippen molar-refractivity contribution in [2.45, 2.75) is 11.4 Å². The lowest BCUT2D eigenvalue weighted by Crippen LogP contribution is -2.30. The lowest BCUT2D eigenvalue weighted by molar-refractivity contribution is 0.285. The summed E-state index contributed by atoms with van der Waals surface area (Å²) >= 11 is 6.00. The van der Waals surface area contributed by atoms with Crippen molar-refractivity contribution in [3.8, 4) is 0 Å². The van der Waals surface area contributed by atoms with Crippen molar-refractivity contribution in [1.82, 2.24) is 10.4 Å². The molecule has 4 nitrogen and oxygen atoms in total. The Bertz CT molecular complexity index is 472. The topological polar surface area (TPSA) is 49.4 Å². The van der Waals surface area contributed by atoms with E-state index in [0.717, 1.165) is 0 Å². The van der Waals surface area contributed by atoms with Gasteiger partial charge in [0.1, 0.15) is 0 Å². The Hall–Kier alpha value is -0.620. The number of halogens is 1. The van der Waals surface area contributed by atoms with Gasteiger partial charge in [0.2, 0.25) is 0 Å². The Balaban J connectivity index is 3.15. The Morgan fingerprint density at radius 1 is 1.38 bits per heavy atom. The molecule has 0 saturated heterocycles. The normalized spacial score (nSPS) is 12.1. The largest absolute Gasteiger partial charge is 0.251 e. The molecule has 1 rings (SSSR count). The number of sulfone groups is 1. The molecule has 0 amide bonds. The maximum absolute atomic E-state index is 11.6. The minimum Gasteiger partial charge on any atom is -0.251 e. The van der Waals surface area contributed by atoms with Crippen molar-refractivity contribution >= 4 is 21.4 Å². The number of hydrogen-bond donors (Lipinski definition) is 1. The van der Waals surface area contributed by atoms with E-state index in [9.17, 15) is 8.42 Å². The Labute approximate surface area is 101 Å². The fourth-order valence-electron chi connectivity index (χ4n) is 1.29. The van der Waals surface area contributed by atoms with Gasteiger partial charge in [0.25, 0.3) is 0 Å². The monoisotopic (exact) mass is 262 g/mol. The van der Waals surface area contributed by atoms with Gasteiger partial charge in [-0.1, -0.05) is 17.7 Å². The maximum atomic E-state index is 11.6. The van der Waals surface area contributed by atoms with Gasteiger partial charge in [-0.05, 0) is 12.1 Å². The van der Waals surface area contributed by atoms with Gasteiger partial charge in [0, 0.05) is 37.5 Å². The molecular formula is C10H15ClN2O2S. The van der Waals surface area contributed by atoms with E-state index in [1.54, 1.807) is 23.2 Å². The van der Waals surface area contributed by atoms with Crippen LogP contribution in [0.1, 0.15) is 5.56 Å². The van der Waals surface area contributed by atoms with Gasteiger partial charge in [-0.15, -0.1) is 0 Å². The summed E-state index contributed by atoms with van der Waals surface area (Å²) in [6, 6.07) is 4.88. The molecule has 90 valence electrons. The third-order valence-corrected chi connectivity index (χ3v) is 3.58. The highest BCUT2D eigenvalue weighted by molar-refractivity contribution is 7.90. The molecular weight excluding hydrogens is 248 g/mol. The van der Waals surface area contributed by atoms with E-state index in [2.05, 4.69) is 5.43 Å². The minimum atomic E-state index is -3.25. The average Bonchev–Trinajstić information content (AvgIpc) is 2.13. The van der Waals surface area contributed by atoms with Crippen molar-refractivity contribution in [2.75, 3.05) is 20.4 Å². The van der Waals surface area contributed by atoms with Crippen LogP contribution in [0.4, 0.5) is 0 Å². The maximum Gasteiger partial charge on any atom is 0.175 e. The number of rotatable bonds is 4. The first kappa shape index (κ1) is 13.4. The van der Waals surface area contributed by atoms with Gasteiger partial charge < -0.3 is 0 Å². The molecule has 0 aliphatic heterocycles. The summed E-state index contributed by atoms with van der Waals surface area (Å²) in [6.45, 7) is 0.384. The highest BCUT2D eigenvalue weighted by atomic mass is 35.5. The van der Waals surface area contributed by atoms with Gasteiger partial charge in [0.05, 0.1) is 4.90 Å². The molecule has 0 aromatic heterocycles. The second-order valence-corrected chi connectivity index (χ2v) is 6.11. The van der Waals surface area contributed by atoms with Crippen LogP contribution in [-0.4, -0.2) is 33.8 Å². The summed E-state index contributed by atoms with van der Waals surface area (Å²) in [6.07, 6.45) is 1.18. The summed E-state index contributed by atoms with van der Waals surface area (Å²) < 4.78 is 23.1. The first-order valence-electron chi connectivity index (χ1n) is 4.70. The van der Waals surface area contributed by atoms with Gasteiger partial charge in [-0.2, -0.15) is 0 Å². The van der Waals surface area contributed by atoms with Gasteiger partial charge in [-0.3, -0.25) is 10.4 Å². The van der Waals surface area contributed by atoms with Crippen molar-refractivity contribution in [1.29, 1.82) is 0 Å². The average molecular weight is 263 g/mol. The van der Waals surface area contributed by atoms with Crippen molar-refractivity contribution < 1.29 is 8.42 Å². The second kappa shape index (κ2) is 5.14. The first-order chi connectivity index (χ1) is 7.32. The van der Waals surface area contributed by atoms with Gasteiger partial charge >= 0.3 is 0 Å². The summed E-state index contributed by atoms with van der Waals surface area (Å²) in [5.41, 5.74) is 3.60. The molecule has 0 fully saturated rings. The zero-order valence-electron chi connectivity index (χ0n) is 9.49. The second-order valence-electron chi connectivity index (χ2n) is 3.72. The van der Waals surface area contributed by atoms with E-state index in [1.165, 1.54) is 6.26 Å². The highest BCUT2D eigenvalue weighted by Gasteiger charge is 2.15. The van der Waals surface area contributed by atoms with Crippen molar-refractivity contribution in [3.05, 3.63) is 28.8 Å². The summed E-state index contributed by atoms with van der Waals surface area (Å²) in [4.78, 5) is 0.273.